The highest BCUT2D eigenvalue weighted by Gasteiger charge is 2.25. The standard InChI is InChI=1S/C16H21N3OS/c1-11-7-12(2)10-19(9-11)16(20)17-8-15-18-13-5-3-4-6-14(13)21-15/h3-6,11-12H,7-10H2,1-2H3,(H,17,20). The van der Waals surface area contributed by atoms with Gasteiger partial charge in [0.15, 0.2) is 0 Å². The summed E-state index contributed by atoms with van der Waals surface area (Å²) in [5, 5.41) is 3.97. The topological polar surface area (TPSA) is 45.2 Å². The third-order valence-corrected chi connectivity index (χ3v) is 4.92. The molecular formula is C16H21N3OS. The van der Waals surface area contributed by atoms with Crippen molar-refractivity contribution in [1.29, 1.82) is 0 Å². The number of carbonyl (C=O) groups excluding carboxylic acids is 1. The highest BCUT2D eigenvalue weighted by atomic mass is 32.1. The Kier molecular flexibility index (Phi) is 4.10. The number of nitrogens with zero attached hydrogens (tertiary/aromatic N) is 2. The van der Waals surface area contributed by atoms with Crippen LogP contribution in [0.4, 0.5) is 4.79 Å². The first-order valence-electron chi connectivity index (χ1n) is 7.49. The second-order valence-corrected chi connectivity index (χ2v) is 7.20. The molecule has 1 N–H and O–H groups in total. The van der Waals surface area contributed by atoms with Crippen molar-refractivity contribution in [1.82, 2.24) is 15.2 Å². The van der Waals surface area contributed by atoms with E-state index in [1.807, 2.05) is 23.1 Å². The number of fused-ring (bicyclic) bond motifs is 1. The Hall–Kier alpha value is -1.62. The molecule has 1 fully saturated rings. The van der Waals surface area contributed by atoms with Crippen molar-refractivity contribution in [3.63, 3.8) is 0 Å². The first kappa shape index (κ1) is 14.3. The lowest BCUT2D eigenvalue weighted by atomic mass is 9.92. The summed E-state index contributed by atoms with van der Waals surface area (Å²) >= 11 is 1.64. The molecule has 0 saturated carbocycles. The fourth-order valence-electron chi connectivity index (χ4n) is 3.09. The van der Waals surface area contributed by atoms with Gasteiger partial charge < -0.3 is 10.2 Å². The molecule has 112 valence electrons. The molecule has 1 saturated heterocycles. The van der Waals surface area contributed by atoms with Crippen LogP contribution >= 0.6 is 11.3 Å². The average molecular weight is 303 g/mol. The van der Waals surface area contributed by atoms with Gasteiger partial charge in [-0.15, -0.1) is 11.3 Å². The number of benzene rings is 1. The Morgan fingerprint density at radius 3 is 2.76 bits per heavy atom. The molecule has 1 aromatic carbocycles. The molecule has 0 bridgehead atoms. The molecule has 2 aromatic rings. The number of likely N-dealkylation sites (tertiary alicyclic amines) is 1. The van der Waals surface area contributed by atoms with Crippen LogP contribution in [0.1, 0.15) is 25.3 Å². The number of para-hydroxylation sites is 1. The maximum absolute atomic E-state index is 12.3. The molecule has 1 aliphatic heterocycles. The highest BCUT2D eigenvalue weighted by molar-refractivity contribution is 7.18. The summed E-state index contributed by atoms with van der Waals surface area (Å²) in [4.78, 5) is 18.8. The summed E-state index contributed by atoms with van der Waals surface area (Å²) < 4.78 is 1.17. The Labute approximate surface area is 129 Å². The molecule has 1 aliphatic rings. The molecule has 2 amide bonds. The Morgan fingerprint density at radius 1 is 1.33 bits per heavy atom. The summed E-state index contributed by atoms with van der Waals surface area (Å²) in [6.07, 6.45) is 1.21. The Bertz CT molecular complexity index is 596. The third-order valence-electron chi connectivity index (χ3n) is 3.89. The number of thiazole rings is 1. The molecule has 5 heteroatoms. The normalized spacial score (nSPS) is 22.5. The minimum Gasteiger partial charge on any atom is -0.331 e. The van der Waals surface area contributed by atoms with Crippen LogP contribution in [0.15, 0.2) is 24.3 Å². The van der Waals surface area contributed by atoms with Crippen molar-refractivity contribution in [2.75, 3.05) is 13.1 Å². The zero-order valence-electron chi connectivity index (χ0n) is 12.5. The fraction of sp³-hybridized carbons (Fsp3) is 0.500. The van der Waals surface area contributed by atoms with Gasteiger partial charge in [0.2, 0.25) is 0 Å². The molecule has 2 unspecified atom stereocenters. The van der Waals surface area contributed by atoms with Crippen molar-refractivity contribution in [3.8, 4) is 0 Å². The van der Waals surface area contributed by atoms with E-state index in [0.717, 1.165) is 23.6 Å². The number of nitrogens with one attached hydrogen (secondary N) is 1. The lowest BCUT2D eigenvalue weighted by Crippen LogP contribution is -2.47. The predicted molar refractivity (Wildman–Crippen MR) is 86.4 cm³/mol. The van der Waals surface area contributed by atoms with Gasteiger partial charge in [-0.3, -0.25) is 0 Å². The molecule has 4 nitrogen and oxygen atoms in total. The highest BCUT2D eigenvalue weighted by Crippen LogP contribution is 2.22. The van der Waals surface area contributed by atoms with Crippen molar-refractivity contribution in [2.24, 2.45) is 11.8 Å². The fourth-order valence-corrected chi connectivity index (χ4v) is 3.99. The van der Waals surface area contributed by atoms with Crippen LogP contribution in [0.5, 0.6) is 0 Å². The maximum atomic E-state index is 12.3. The van der Waals surface area contributed by atoms with E-state index in [4.69, 9.17) is 0 Å². The molecule has 0 aliphatic carbocycles. The number of hydrogen-bond acceptors (Lipinski definition) is 3. The van der Waals surface area contributed by atoms with Gasteiger partial charge in [0.1, 0.15) is 5.01 Å². The number of hydrogen-bond donors (Lipinski definition) is 1. The second-order valence-electron chi connectivity index (χ2n) is 6.09. The van der Waals surface area contributed by atoms with E-state index >= 15 is 0 Å². The van der Waals surface area contributed by atoms with Crippen LogP contribution in [0.25, 0.3) is 10.2 Å². The lowest BCUT2D eigenvalue weighted by molar-refractivity contribution is 0.146. The van der Waals surface area contributed by atoms with Gasteiger partial charge in [0.05, 0.1) is 16.8 Å². The Balaban J connectivity index is 1.60. The first-order valence-corrected chi connectivity index (χ1v) is 8.30. The quantitative estimate of drug-likeness (QED) is 0.923. The number of amides is 2. The average Bonchev–Trinajstić information content (AvgIpc) is 2.86. The summed E-state index contributed by atoms with van der Waals surface area (Å²) in [5.74, 6) is 1.17. The summed E-state index contributed by atoms with van der Waals surface area (Å²) in [5.41, 5.74) is 1.01. The number of carbonyl (C=O) groups is 1. The van der Waals surface area contributed by atoms with Crippen molar-refractivity contribution < 1.29 is 4.79 Å². The van der Waals surface area contributed by atoms with Crippen LogP contribution in [-0.2, 0) is 6.54 Å². The van der Waals surface area contributed by atoms with Gasteiger partial charge in [-0.05, 0) is 30.4 Å². The van der Waals surface area contributed by atoms with Crippen molar-refractivity contribution >= 4 is 27.6 Å². The maximum Gasteiger partial charge on any atom is 0.317 e. The summed E-state index contributed by atoms with van der Waals surface area (Å²) in [6.45, 7) is 6.65. The zero-order chi connectivity index (χ0) is 14.8. The number of aromatic nitrogens is 1. The number of piperidine rings is 1. The molecule has 0 spiro atoms. The van der Waals surface area contributed by atoms with Gasteiger partial charge in [-0.2, -0.15) is 0 Å². The van der Waals surface area contributed by atoms with Crippen molar-refractivity contribution in [2.45, 2.75) is 26.8 Å². The summed E-state index contributed by atoms with van der Waals surface area (Å²) in [6, 6.07) is 8.10. The molecule has 0 radical (unpaired) electrons. The zero-order valence-corrected chi connectivity index (χ0v) is 13.3. The van der Waals surface area contributed by atoms with Gasteiger partial charge >= 0.3 is 6.03 Å². The van der Waals surface area contributed by atoms with Crippen LogP contribution in [0.3, 0.4) is 0 Å². The van der Waals surface area contributed by atoms with Crippen molar-refractivity contribution in [3.05, 3.63) is 29.3 Å². The van der Waals surface area contributed by atoms with Gasteiger partial charge in [0.25, 0.3) is 0 Å². The first-order chi connectivity index (χ1) is 10.1. The van der Waals surface area contributed by atoms with Crippen LogP contribution in [0.2, 0.25) is 0 Å². The predicted octanol–water partition coefficient (Wildman–Crippen LogP) is 3.48. The number of rotatable bonds is 2. The molecular weight excluding hydrogens is 282 g/mol. The van der Waals surface area contributed by atoms with E-state index < -0.39 is 0 Å². The van der Waals surface area contributed by atoms with Crippen LogP contribution in [-0.4, -0.2) is 29.0 Å². The monoisotopic (exact) mass is 303 g/mol. The van der Waals surface area contributed by atoms with Gasteiger partial charge in [-0.25, -0.2) is 9.78 Å². The molecule has 3 rings (SSSR count). The SMILES string of the molecule is CC1CC(C)CN(C(=O)NCc2nc3ccccc3s2)C1. The smallest absolute Gasteiger partial charge is 0.317 e. The van der Waals surface area contributed by atoms with Gasteiger partial charge in [-0.1, -0.05) is 26.0 Å². The molecule has 2 heterocycles. The number of urea groups is 1. The molecule has 21 heavy (non-hydrogen) atoms. The summed E-state index contributed by atoms with van der Waals surface area (Å²) in [7, 11) is 0. The minimum absolute atomic E-state index is 0.0349. The van der Waals surface area contributed by atoms with Crippen LogP contribution in [0, 0.1) is 11.8 Å². The van der Waals surface area contributed by atoms with E-state index in [0.29, 0.717) is 18.4 Å². The lowest BCUT2D eigenvalue weighted by Gasteiger charge is -2.34. The molecule has 1 aromatic heterocycles. The minimum atomic E-state index is 0.0349. The van der Waals surface area contributed by atoms with Crippen LogP contribution < -0.4 is 5.32 Å². The third kappa shape index (κ3) is 3.35. The largest absolute Gasteiger partial charge is 0.331 e. The van der Waals surface area contributed by atoms with E-state index in [1.165, 1.54) is 11.1 Å². The van der Waals surface area contributed by atoms with E-state index in [2.05, 4.69) is 30.2 Å². The van der Waals surface area contributed by atoms with Gasteiger partial charge in [0, 0.05) is 13.1 Å². The molecule has 2 atom stereocenters. The van der Waals surface area contributed by atoms with E-state index in [1.54, 1.807) is 11.3 Å². The van der Waals surface area contributed by atoms with E-state index in [-0.39, 0.29) is 6.03 Å². The second kappa shape index (κ2) is 6.02. The Morgan fingerprint density at radius 2 is 2.05 bits per heavy atom. The van der Waals surface area contributed by atoms with E-state index in [9.17, 15) is 4.79 Å².